The number of para-hydroxylation sites is 3. The van der Waals surface area contributed by atoms with Gasteiger partial charge in [0.2, 0.25) is 0 Å². The highest BCUT2D eigenvalue weighted by atomic mass is 15.0. The minimum atomic E-state index is 0.213. The topological polar surface area (TPSA) is 213 Å². The number of benzene rings is 3. The Bertz CT molecular complexity index is 4960. The van der Waals surface area contributed by atoms with Crippen LogP contribution in [0.3, 0.4) is 0 Å². The third-order valence-corrected chi connectivity index (χ3v) is 15.7. The fourth-order valence-corrected chi connectivity index (χ4v) is 11.0. The van der Waals surface area contributed by atoms with Crippen LogP contribution >= 0.6 is 0 Å². The molecule has 13 aromatic rings. The summed E-state index contributed by atoms with van der Waals surface area (Å²) in [5, 5.41) is 0. The van der Waals surface area contributed by atoms with Crippen LogP contribution < -0.4 is 0 Å². The number of amidine groups is 1. The Morgan fingerprint density at radius 3 is 1.79 bits per heavy atom. The van der Waals surface area contributed by atoms with E-state index in [-0.39, 0.29) is 12.1 Å². The van der Waals surface area contributed by atoms with Gasteiger partial charge < -0.3 is 8.97 Å². The van der Waals surface area contributed by atoms with Gasteiger partial charge in [-0.25, -0.2) is 39.9 Å². The smallest absolute Gasteiger partial charge is 0.198 e. The number of aliphatic imine (C=N–C) groups is 5. The van der Waals surface area contributed by atoms with Crippen LogP contribution in [0.5, 0.6) is 0 Å². The standard InChI is InChI=1S/C17H15N.2C9H8N2.2C9H9N.C8H7N3.2C8H8N2.C7H6N4/c1-14-12-13-17(15-8-4-2-5-9-15)18(14)16-10-6-3-7-11-16;1-7-4-5-8-9(11-7)3-2-6-10-8;1-7-6-10-8-4-2-3-5-9(8)11-7;1-8-6-9-4-2-3-5-10(9)7-8;1-7-6-8-4-2-3-5-9(8)10-7;1-6-10-5-8-7(11-6)3-2-4-9-8;1-6-5-8-7(10-6)3-2-4-9-8;1-6-9-7-4-2-3-5-8(7)10-6;1-5-4-10-6-7(11-5)9-3-2-8-6/h2-13H,1H3;2*2-6H,1H3;2-7H,1H3;2-6,9H,1H3;2-5H,1H3;2*2-5,7H,1H3;2-4H,1H3. The fraction of sp³-hybridized carbons (Fsp3) is 0.143. The van der Waals surface area contributed by atoms with Gasteiger partial charge in [0.15, 0.2) is 11.3 Å². The van der Waals surface area contributed by atoms with Crippen LogP contribution in [0.4, 0.5) is 0 Å². The number of rotatable bonds is 2. The molecule has 3 unspecified atom stereocenters. The Morgan fingerprint density at radius 2 is 1.04 bits per heavy atom. The molecule has 2 aliphatic carbocycles. The van der Waals surface area contributed by atoms with Crippen molar-refractivity contribution >= 4 is 79.1 Å². The molecule has 6 aliphatic rings. The van der Waals surface area contributed by atoms with E-state index in [2.05, 4.69) is 230 Å². The van der Waals surface area contributed by atoms with Crippen molar-refractivity contribution < 1.29 is 0 Å². The Hall–Kier alpha value is -13.0. The van der Waals surface area contributed by atoms with Crippen molar-refractivity contribution in [2.24, 2.45) is 25.0 Å². The van der Waals surface area contributed by atoms with Crippen molar-refractivity contribution in [1.29, 1.82) is 0 Å². The van der Waals surface area contributed by atoms with Gasteiger partial charge in [-0.3, -0.25) is 39.9 Å². The highest BCUT2D eigenvalue weighted by Gasteiger charge is 2.18. The highest BCUT2D eigenvalue weighted by Crippen LogP contribution is 2.27. The second-order valence-electron chi connectivity index (χ2n) is 23.9. The number of allylic oxidation sites excluding steroid dienone is 7. The molecule has 0 radical (unpaired) electrons. The van der Waals surface area contributed by atoms with Crippen molar-refractivity contribution in [3.63, 3.8) is 0 Å². The van der Waals surface area contributed by atoms with Crippen molar-refractivity contribution in [2.75, 3.05) is 0 Å². The number of hydrogen-bond acceptors (Lipinski definition) is 16. The van der Waals surface area contributed by atoms with Gasteiger partial charge in [0, 0.05) is 83.6 Å². The first-order valence-corrected chi connectivity index (χ1v) is 33.4. The summed E-state index contributed by atoms with van der Waals surface area (Å²) in [5.74, 6) is 1.67. The van der Waals surface area contributed by atoms with Crippen LogP contribution in [0.2, 0.25) is 0 Å². The molecule has 0 N–H and O–H groups in total. The normalized spacial score (nSPS) is 15.5. The van der Waals surface area contributed by atoms with E-state index >= 15 is 0 Å². The molecule has 0 fully saturated rings. The summed E-state index contributed by atoms with van der Waals surface area (Å²) in [4.78, 5) is 66.9. The number of nitrogens with zero attached hydrogens (tertiary/aromatic N) is 18. The summed E-state index contributed by atoms with van der Waals surface area (Å²) in [5.41, 5.74) is 22.8. The van der Waals surface area contributed by atoms with Gasteiger partial charge in [-0.1, -0.05) is 115 Å². The molecule has 3 atom stereocenters. The molecule has 504 valence electrons. The largest absolute Gasteiger partial charge is 0.324 e. The molecule has 102 heavy (non-hydrogen) atoms. The average molecular weight is 1340 g/mol. The summed E-state index contributed by atoms with van der Waals surface area (Å²) >= 11 is 0. The second kappa shape index (κ2) is 35.0. The van der Waals surface area contributed by atoms with Gasteiger partial charge in [0.1, 0.15) is 29.3 Å². The minimum Gasteiger partial charge on any atom is -0.324 e. The quantitative estimate of drug-likeness (QED) is 0.159. The predicted molar refractivity (Wildman–Crippen MR) is 417 cm³/mol. The summed E-state index contributed by atoms with van der Waals surface area (Å²) < 4.78 is 4.41. The maximum absolute atomic E-state index is 4.40. The van der Waals surface area contributed by atoms with Crippen LogP contribution in [0, 0.1) is 41.5 Å². The summed E-state index contributed by atoms with van der Waals surface area (Å²) in [6.45, 7) is 17.9. The first-order valence-electron chi connectivity index (χ1n) is 33.4. The van der Waals surface area contributed by atoms with Crippen molar-refractivity contribution in [3.8, 4) is 16.9 Å². The van der Waals surface area contributed by atoms with E-state index < -0.39 is 0 Å². The van der Waals surface area contributed by atoms with Gasteiger partial charge in [0.05, 0.1) is 74.5 Å². The van der Waals surface area contributed by atoms with Crippen molar-refractivity contribution in [2.45, 2.75) is 80.4 Å². The van der Waals surface area contributed by atoms with Crippen LogP contribution in [-0.2, 0) is 0 Å². The van der Waals surface area contributed by atoms with Gasteiger partial charge in [-0.05, 0) is 194 Å². The zero-order chi connectivity index (χ0) is 71.0. The molecule has 0 spiro atoms. The molecule has 0 saturated carbocycles. The SMILES string of the molecule is CC1=NC2C=CC=CC2=C1.CC1=NC2C=CC=CC2=N1.CC1=NC2C=CC=NC2=C1.Cc1cc2ccccn2c1.Cc1ccc(-c2ccccc2)n1-c1ccccc1.Cc1ccc2ncccc2n1.Cc1cnc2ccccc2n1.Cc1cnc2nccnc2n1.Cc1ncc2ncccc2n1. The Labute approximate surface area is 593 Å². The molecular weight excluding hydrogens is 1260 g/mol. The number of aryl methyl sites for hydroxylation is 6. The summed E-state index contributed by atoms with van der Waals surface area (Å²) in [7, 11) is 0. The van der Waals surface area contributed by atoms with E-state index in [0.717, 1.165) is 84.7 Å². The van der Waals surface area contributed by atoms with Crippen LogP contribution in [-0.4, -0.2) is 111 Å². The van der Waals surface area contributed by atoms with E-state index in [9.17, 15) is 0 Å². The number of aromatic nitrogens is 13. The highest BCUT2D eigenvalue weighted by molar-refractivity contribution is 6.12. The molecule has 0 saturated heterocycles. The van der Waals surface area contributed by atoms with Crippen LogP contribution in [0.1, 0.15) is 54.9 Å². The molecule has 3 aromatic carbocycles. The molecule has 4 aliphatic heterocycles. The number of fused-ring (bicyclic) bond motifs is 8. The lowest BCUT2D eigenvalue weighted by atomic mass is 10.0. The van der Waals surface area contributed by atoms with E-state index in [1.807, 2.05) is 164 Å². The average Bonchev–Trinajstić information content (AvgIpc) is 1.64. The Balaban J connectivity index is 0.000000116. The third kappa shape index (κ3) is 19.9. The zero-order valence-electron chi connectivity index (χ0n) is 58.5. The van der Waals surface area contributed by atoms with Gasteiger partial charge in [-0.15, -0.1) is 0 Å². The lowest BCUT2D eigenvalue weighted by Gasteiger charge is -2.11. The third-order valence-electron chi connectivity index (χ3n) is 15.7. The van der Waals surface area contributed by atoms with Crippen molar-refractivity contribution in [3.05, 3.63) is 332 Å². The predicted octanol–water partition coefficient (Wildman–Crippen LogP) is 17.2. The lowest BCUT2D eigenvalue weighted by molar-refractivity contribution is 0.953. The molecule has 0 amide bonds. The molecule has 18 heteroatoms. The van der Waals surface area contributed by atoms with Crippen LogP contribution in [0.15, 0.2) is 323 Å². The van der Waals surface area contributed by atoms with Gasteiger partial charge in [0.25, 0.3) is 0 Å². The molecule has 19 rings (SSSR count). The van der Waals surface area contributed by atoms with E-state index in [0.29, 0.717) is 17.3 Å². The summed E-state index contributed by atoms with van der Waals surface area (Å²) in [6, 6.07) is 53.9. The molecular formula is C84H78N18. The first kappa shape index (κ1) is 70.4. The summed E-state index contributed by atoms with van der Waals surface area (Å²) in [6.07, 6.45) is 42.4. The number of hydrogen-bond donors (Lipinski definition) is 0. The van der Waals surface area contributed by atoms with Gasteiger partial charge >= 0.3 is 0 Å². The van der Waals surface area contributed by atoms with E-state index in [4.69, 9.17) is 0 Å². The zero-order valence-corrected chi connectivity index (χ0v) is 58.5. The Kier molecular flexibility index (Phi) is 24.1. The Morgan fingerprint density at radius 1 is 0.412 bits per heavy atom. The monoisotopic (exact) mass is 1340 g/mol. The van der Waals surface area contributed by atoms with E-state index in [1.165, 1.54) is 39.3 Å². The van der Waals surface area contributed by atoms with Crippen LogP contribution in [0.25, 0.3) is 66.9 Å². The molecule has 10 aromatic heterocycles. The minimum absolute atomic E-state index is 0.213. The number of dihydropyridines is 1. The van der Waals surface area contributed by atoms with Crippen molar-refractivity contribution in [1.82, 2.24) is 63.8 Å². The first-order chi connectivity index (χ1) is 49.7. The maximum Gasteiger partial charge on any atom is 0.198 e. The molecule has 18 nitrogen and oxygen atoms in total. The van der Waals surface area contributed by atoms with E-state index in [1.54, 1.807) is 49.6 Å². The second-order valence-corrected chi connectivity index (χ2v) is 23.9. The van der Waals surface area contributed by atoms with Gasteiger partial charge in [-0.2, -0.15) is 0 Å². The molecule has 14 heterocycles. The lowest BCUT2D eigenvalue weighted by Crippen LogP contribution is -2.11. The molecule has 0 bridgehead atoms. The maximum atomic E-state index is 4.40. The fourth-order valence-electron chi connectivity index (χ4n) is 11.0. The number of pyridine rings is 4.